The number of hydrogen-bond acceptors (Lipinski definition) is 5. The Morgan fingerprint density at radius 2 is 0.717 bits per heavy atom. The maximum Gasteiger partial charge on any atom is 0.238 e. The lowest BCUT2D eigenvalue weighted by atomic mass is 9.94. The molecule has 0 spiro atoms. The van der Waals surface area contributed by atoms with Gasteiger partial charge in [0.15, 0.2) is 11.6 Å². The van der Waals surface area contributed by atoms with Crippen molar-refractivity contribution in [2.24, 2.45) is 0 Å². The van der Waals surface area contributed by atoms with Gasteiger partial charge < -0.3 is 4.90 Å². The number of rotatable bonds is 8. The molecule has 1 heterocycles. The van der Waals surface area contributed by atoms with Gasteiger partial charge in [0.1, 0.15) is 0 Å². The molecular weight excluding hydrogens is 647 g/mol. The number of para-hydroxylation sites is 1. The lowest BCUT2D eigenvalue weighted by molar-refractivity contribution is 1.01. The van der Waals surface area contributed by atoms with Gasteiger partial charge in [-0.3, -0.25) is 4.90 Å². The molecule has 0 saturated carbocycles. The Morgan fingerprint density at radius 3 is 1.13 bits per heavy atom. The Labute approximate surface area is 314 Å². The molecule has 0 saturated heterocycles. The summed E-state index contributed by atoms with van der Waals surface area (Å²) in [6, 6.07) is 42.3. The van der Waals surface area contributed by atoms with Crippen LogP contribution in [0.5, 0.6) is 0 Å². The lowest BCUT2D eigenvalue weighted by Gasteiger charge is -2.36. The number of nitrogens with zero attached hydrogens (tertiary/aromatic N) is 5. The number of hydrogen-bond donors (Lipinski definition) is 0. The Morgan fingerprint density at radius 1 is 0.358 bits per heavy atom. The molecule has 0 amide bonds. The summed E-state index contributed by atoms with van der Waals surface area (Å²) >= 11 is 0. The van der Waals surface area contributed by atoms with E-state index < -0.39 is 0 Å². The van der Waals surface area contributed by atoms with E-state index in [9.17, 15) is 0 Å². The van der Waals surface area contributed by atoms with E-state index in [0.29, 0.717) is 17.6 Å². The van der Waals surface area contributed by atoms with E-state index in [-0.39, 0.29) is 0 Å². The average Bonchev–Trinajstić information content (AvgIpc) is 3.13. The van der Waals surface area contributed by atoms with Crippen LogP contribution < -0.4 is 9.80 Å². The van der Waals surface area contributed by atoms with Crippen molar-refractivity contribution in [2.75, 3.05) is 9.80 Å². The molecule has 0 aliphatic carbocycles. The highest BCUT2D eigenvalue weighted by Crippen LogP contribution is 2.49. The van der Waals surface area contributed by atoms with Crippen LogP contribution in [0.25, 0.3) is 22.8 Å². The summed E-state index contributed by atoms with van der Waals surface area (Å²) in [6.45, 7) is 20.0. The first-order valence-electron chi connectivity index (χ1n) is 18.3. The molecule has 5 nitrogen and oxygen atoms in total. The zero-order chi connectivity index (χ0) is 37.4. The molecule has 7 rings (SSSR count). The first-order valence-corrected chi connectivity index (χ1v) is 18.3. The number of aromatic nitrogens is 3. The fourth-order valence-corrected chi connectivity index (χ4v) is 8.06. The van der Waals surface area contributed by atoms with Crippen molar-refractivity contribution < 1.29 is 0 Å². The van der Waals surface area contributed by atoms with Crippen molar-refractivity contribution in [3.8, 4) is 22.8 Å². The summed E-state index contributed by atoms with van der Waals surface area (Å²) in [5.74, 6) is 1.80. The van der Waals surface area contributed by atoms with Gasteiger partial charge in [-0.2, -0.15) is 9.97 Å². The third-order valence-corrected chi connectivity index (χ3v) is 9.96. The maximum atomic E-state index is 5.24. The van der Waals surface area contributed by atoms with Gasteiger partial charge in [-0.05, 0) is 113 Å². The van der Waals surface area contributed by atoms with Gasteiger partial charge in [0.05, 0.1) is 22.7 Å². The largest absolute Gasteiger partial charge is 0.309 e. The highest BCUT2D eigenvalue weighted by molar-refractivity contribution is 5.91. The molecular formula is C48H47N5. The van der Waals surface area contributed by atoms with Crippen molar-refractivity contribution in [3.63, 3.8) is 0 Å². The third kappa shape index (κ3) is 6.83. The van der Waals surface area contributed by atoms with Gasteiger partial charge in [0.2, 0.25) is 5.95 Å². The fraction of sp³-hybridized carbons (Fsp3) is 0.188. The van der Waals surface area contributed by atoms with E-state index in [1.54, 1.807) is 0 Å². The van der Waals surface area contributed by atoms with Crippen LogP contribution in [-0.2, 0) is 0 Å². The molecule has 0 atom stereocenters. The fourth-order valence-electron chi connectivity index (χ4n) is 8.06. The van der Waals surface area contributed by atoms with Crippen molar-refractivity contribution in [1.29, 1.82) is 0 Å². The Bertz CT molecular complexity index is 2270. The van der Waals surface area contributed by atoms with Crippen LogP contribution >= 0.6 is 0 Å². The predicted molar refractivity (Wildman–Crippen MR) is 223 cm³/mol. The van der Waals surface area contributed by atoms with Gasteiger partial charge in [-0.15, -0.1) is 0 Å². The first kappa shape index (κ1) is 35.3. The maximum absolute atomic E-state index is 5.24. The van der Waals surface area contributed by atoms with Crippen LogP contribution in [0.2, 0.25) is 0 Å². The van der Waals surface area contributed by atoms with E-state index in [1.165, 1.54) is 50.3 Å². The highest BCUT2D eigenvalue weighted by Gasteiger charge is 2.29. The number of aryl methyl sites for hydroxylation is 8. The minimum absolute atomic E-state index is 0.557. The third-order valence-electron chi connectivity index (χ3n) is 9.96. The predicted octanol–water partition coefficient (Wildman–Crippen LogP) is 12.9. The SMILES string of the molecule is Cc1cc(C)c(N(c2c(C)cc(C)cc2C)c2c(C)cc(C)c(N(c3ccccc3)c3nc(-c4ccccc4)nc(-c4ccccc4)n3)c2C)c(C)c1. The second-order valence-corrected chi connectivity index (χ2v) is 14.3. The zero-order valence-electron chi connectivity index (χ0n) is 32.3. The van der Waals surface area contributed by atoms with E-state index in [2.05, 4.69) is 151 Å². The lowest BCUT2D eigenvalue weighted by Crippen LogP contribution is -2.21. The van der Waals surface area contributed by atoms with E-state index in [0.717, 1.165) is 39.3 Å². The summed E-state index contributed by atoms with van der Waals surface area (Å²) < 4.78 is 0. The van der Waals surface area contributed by atoms with E-state index in [4.69, 9.17) is 15.0 Å². The summed E-state index contributed by atoms with van der Waals surface area (Å²) in [7, 11) is 0. The van der Waals surface area contributed by atoms with Crippen LogP contribution in [0.3, 0.4) is 0 Å². The smallest absolute Gasteiger partial charge is 0.238 e. The molecule has 0 N–H and O–H groups in total. The van der Waals surface area contributed by atoms with Gasteiger partial charge >= 0.3 is 0 Å². The second kappa shape index (κ2) is 14.5. The molecule has 7 aromatic rings. The normalized spacial score (nSPS) is 11.1. The van der Waals surface area contributed by atoms with Crippen molar-refractivity contribution in [2.45, 2.75) is 62.3 Å². The van der Waals surface area contributed by atoms with Crippen LogP contribution in [0.4, 0.5) is 34.4 Å². The molecule has 264 valence electrons. The topological polar surface area (TPSA) is 45.2 Å². The van der Waals surface area contributed by atoms with Gasteiger partial charge in [0, 0.05) is 16.8 Å². The first-order chi connectivity index (χ1) is 25.5. The van der Waals surface area contributed by atoms with Crippen LogP contribution in [0.15, 0.2) is 121 Å². The Hall–Kier alpha value is -6.07. The van der Waals surface area contributed by atoms with Gasteiger partial charge in [0.25, 0.3) is 0 Å². The van der Waals surface area contributed by atoms with Gasteiger partial charge in [-0.1, -0.05) is 120 Å². The molecule has 0 unspecified atom stereocenters. The summed E-state index contributed by atoms with van der Waals surface area (Å²) in [4.78, 5) is 20.2. The molecule has 53 heavy (non-hydrogen) atoms. The summed E-state index contributed by atoms with van der Waals surface area (Å²) in [6.07, 6.45) is 0. The van der Waals surface area contributed by atoms with Gasteiger partial charge in [-0.25, -0.2) is 4.98 Å². The van der Waals surface area contributed by atoms with Crippen molar-refractivity contribution in [3.05, 3.63) is 171 Å². The van der Waals surface area contributed by atoms with E-state index >= 15 is 0 Å². The highest BCUT2D eigenvalue weighted by atomic mass is 15.3. The summed E-state index contributed by atoms with van der Waals surface area (Å²) in [5, 5.41) is 0. The van der Waals surface area contributed by atoms with Crippen LogP contribution in [-0.4, -0.2) is 15.0 Å². The standard InChI is InChI=1S/C48H47N5/c1-30-25-32(3)42(33(4)26-30)53(43-34(5)27-31(2)28-35(43)6)45-37(8)29-36(7)44(38(45)9)52(41-23-17-12-18-24-41)48-50-46(39-19-13-10-14-20-39)49-47(51-48)40-21-15-11-16-22-40/h10-29H,1-9H3. The Balaban J connectivity index is 1.56. The van der Waals surface area contributed by atoms with Crippen molar-refractivity contribution in [1.82, 2.24) is 15.0 Å². The second-order valence-electron chi connectivity index (χ2n) is 14.3. The minimum atomic E-state index is 0.557. The molecule has 0 radical (unpaired) electrons. The minimum Gasteiger partial charge on any atom is -0.309 e. The van der Waals surface area contributed by atoms with E-state index in [1.807, 2.05) is 42.5 Å². The molecule has 5 heteroatoms. The monoisotopic (exact) mass is 693 g/mol. The molecule has 0 fully saturated rings. The molecule has 6 aromatic carbocycles. The number of anilines is 6. The quantitative estimate of drug-likeness (QED) is 0.159. The van der Waals surface area contributed by atoms with Crippen molar-refractivity contribution >= 4 is 34.4 Å². The molecule has 0 aliphatic heterocycles. The molecule has 0 aliphatic rings. The van der Waals surface area contributed by atoms with Crippen LogP contribution in [0, 0.1) is 62.3 Å². The molecule has 1 aromatic heterocycles. The molecule has 0 bridgehead atoms. The number of benzene rings is 6. The Kier molecular flexibility index (Phi) is 9.68. The summed E-state index contributed by atoms with van der Waals surface area (Å²) in [5.41, 5.74) is 18.3. The zero-order valence-corrected chi connectivity index (χ0v) is 32.3. The average molecular weight is 694 g/mol. The van der Waals surface area contributed by atoms with Crippen LogP contribution in [0.1, 0.15) is 50.1 Å².